The molecule has 2 rings (SSSR count). The van der Waals surface area contributed by atoms with Gasteiger partial charge in [0.05, 0.1) is 10.9 Å². The number of nitrogens with zero attached hydrogens (tertiary/aromatic N) is 1. The number of aromatic nitrogens is 2. The Morgan fingerprint density at radius 2 is 2.21 bits per heavy atom. The van der Waals surface area contributed by atoms with Crippen molar-refractivity contribution >= 4 is 28.8 Å². The predicted molar refractivity (Wildman–Crippen MR) is 58.8 cm³/mol. The Labute approximate surface area is 85.0 Å². The molecule has 3 N–H and O–H groups in total. The lowest BCUT2D eigenvalue weighted by atomic mass is 10.2. The number of benzene rings is 1. The second-order valence-electron chi connectivity index (χ2n) is 3.10. The summed E-state index contributed by atoms with van der Waals surface area (Å²) in [6.07, 6.45) is 0. The second kappa shape index (κ2) is 2.95. The quantitative estimate of drug-likeness (QED) is 0.503. The molecule has 0 saturated heterocycles. The zero-order chi connectivity index (χ0) is 10.3. The first-order chi connectivity index (χ1) is 6.59. The van der Waals surface area contributed by atoms with Crippen molar-refractivity contribution in [3.05, 3.63) is 33.3 Å². The molecular formula is C9H9N3OS. The van der Waals surface area contributed by atoms with Crippen molar-refractivity contribution in [3.8, 4) is 0 Å². The van der Waals surface area contributed by atoms with E-state index in [0.717, 1.165) is 0 Å². The summed E-state index contributed by atoms with van der Waals surface area (Å²) in [5.74, 6) is 0. The topological polar surface area (TPSA) is 63.8 Å². The number of hydrogen-bond donors (Lipinski definition) is 2. The Hall–Kier alpha value is -1.62. The van der Waals surface area contributed by atoms with Crippen LogP contribution in [-0.2, 0) is 7.05 Å². The van der Waals surface area contributed by atoms with E-state index in [1.54, 1.807) is 25.2 Å². The fourth-order valence-corrected chi connectivity index (χ4v) is 1.52. The molecule has 5 heteroatoms. The molecule has 0 amide bonds. The number of anilines is 1. The Bertz CT molecular complexity index is 611. The minimum Gasteiger partial charge on any atom is -0.399 e. The van der Waals surface area contributed by atoms with Gasteiger partial charge in [0.1, 0.15) is 0 Å². The highest BCUT2D eigenvalue weighted by Gasteiger charge is 2.01. The summed E-state index contributed by atoms with van der Waals surface area (Å²) in [5, 5.41) is 0.593. The zero-order valence-corrected chi connectivity index (χ0v) is 8.39. The molecule has 0 aliphatic carbocycles. The minimum atomic E-state index is -0.108. The Morgan fingerprint density at radius 1 is 1.50 bits per heavy atom. The van der Waals surface area contributed by atoms with Crippen LogP contribution in [0.15, 0.2) is 23.0 Å². The van der Waals surface area contributed by atoms with Gasteiger partial charge in [-0.05, 0) is 30.4 Å². The van der Waals surface area contributed by atoms with Gasteiger partial charge in [-0.3, -0.25) is 9.36 Å². The number of rotatable bonds is 0. The van der Waals surface area contributed by atoms with E-state index in [-0.39, 0.29) is 5.56 Å². The summed E-state index contributed by atoms with van der Waals surface area (Å²) < 4.78 is 1.79. The van der Waals surface area contributed by atoms with E-state index in [0.29, 0.717) is 21.4 Å². The first-order valence-electron chi connectivity index (χ1n) is 4.08. The van der Waals surface area contributed by atoms with E-state index in [2.05, 4.69) is 4.98 Å². The van der Waals surface area contributed by atoms with Crippen LogP contribution in [0, 0.1) is 4.77 Å². The third-order valence-corrected chi connectivity index (χ3v) is 2.50. The van der Waals surface area contributed by atoms with E-state index in [1.165, 1.54) is 4.57 Å². The van der Waals surface area contributed by atoms with Crippen LogP contribution in [-0.4, -0.2) is 9.55 Å². The number of nitrogens with one attached hydrogen (secondary N) is 1. The Morgan fingerprint density at radius 3 is 2.93 bits per heavy atom. The van der Waals surface area contributed by atoms with Gasteiger partial charge < -0.3 is 10.7 Å². The van der Waals surface area contributed by atoms with Gasteiger partial charge in [-0.25, -0.2) is 0 Å². The van der Waals surface area contributed by atoms with Crippen LogP contribution in [0.5, 0.6) is 0 Å². The third-order valence-electron chi connectivity index (χ3n) is 2.12. The molecule has 0 aliphatic rings. The van der Waals surface area contributed by atoms with Crippen molar-refractivity contribution in [2.45, 2.75) is 0 Å². The number of H-pyrrole nitrogens is 1. The first kappa shape index (κ1) is 8.96. The highest BCUT2D eigenvalue weighted by molar-refractivity contribution is 7.71. The summed E-state index contributed by atoms with van der Waals surface area (Å²) in [4.78, 5) is 14.6. The lowest BCUT2D eigenvalue weighted by Gasteiger charge is -2.02. The molecule has 0 atom stereocenters. The van der Waals surface area contributed by atoms with Crippen LogP contribution in [0.25, 0.3) is 10.9 Å². The van der Waals surface area contributed by atoms with Crippen molar-refractivity contribution in [2.75, 3.05) is 5.73 Å². The largest absolute Gasteiger partial charge is 0.399 e. The molecule has 72 valence electrons. The second-order valence-corrected chi connectivity index (χ2v) is 3.49. The van der Waals surface area contributed by atoms with Crippen molar-refractivity contribution < 1.29 is 0 Å². The smallest absolute Gasteiger partial charge is 0.261 e. The van der Waals surface area contributed by atoms with Crippen LogP contribution < -0.4 is 11.3 Å². The Balaban J connectivity index is 3.06. The van der Waals surface area contributed by atoms with Crippen molar-refractivity contribution in [3.63, 3.8) is 0 Å². The lowest BCUT2D eigenvalue weighted by molar-refractivity contribution is 0.824. The SMILES string of the molecule is Cn1c(=S)[nH]c2cc(N)ccc2c1=O. The van der Waals surface area contributed by atoms with Crippen LogP contribution in [0.4, 0.5) is 5.69 Å². The van der Waals surface area contributed by atoms with E-state index in [9.17, 15) is 4.79 Å². The maximum Gasteiger partial charge on any atom is 0.261 e. The van der Waals surface area contributed by atoms with Gasteiger partial charge in [-0.1, -0.05) is 0 Å². The number of aromatic amines is 1. The maximum absolute atomic E-state index is 11.7. The fraction of sp³-hybridized carbons (Fsp3) is 0.111. The van der Waals surface area contributed by atoms with Crippen LogP contribution in [0.2, 0.25) is 0 Å². The minimum absolute atomic E-state index is 0.108. The average Bonchev–Trinajstić information content (AvgIpc) is 2.14. The molecule has 4 nitrogen and oxygen atoms in total. The van der Waals surface area contributed by atoms with Crippen molar-refractivity contribution in [1.82, 2.24) is 9.55 Å². The molecule has 0 bridgehead atoms. The molecule has 1 aromatic heterocycles. The summed E-state index contributed by atoms with van der Waals surface area (Å²) >= 11 is 4.98. The molecule has 0 aliphatic heterocycles. The van der Waals surface area contributed by atoms with Crippen LogP contribution in [0.3, 0.4) is 0 Å². The molecule has 1 aromatic carbocycles. The highest BCUT2D eigenvalue weighted by Crippen LogP contribution is 2.10. The molecule has 2 aromatic rings. The van der Waals surface area contributed by atoms with E-state index >= 15 is 0 Å². The first-order valence-corrected chi connectivity index (χ1v) is 4.49. The molecular weight excluding hydrogens is 198 g/mol. The molecule has 0 radical (unpaired) electrons. The monoisotopic (exact) mass is 207 g/mol. The number of nitrogen functional groups attached to an aromatic ring is 1. The van der Waals surface area contributed by atoms with Gasteiger partial charge in [0, 0.05) is 12.7 Å². The fourth-order valence-electron chi connectivity index (χ4n) is 1.32. The van der Waals surface area contributed by atoms with Gasteiger partial charge in [-0.15, -0.1) is 0 Å². The molecule has 0 saturated carbocycles. The molecule has 1 heterocycles. The average molecular weight is 207 g/mol. The standard InChI is InChI=1S/C9H9N3OS/c1-12-8(13)6-3-2-5(10)4-7(6)11-9(12)14/h2-4H,10H2,1H3,(H,11,14). The number of fused-ring (bicyclic) bond motifs is 1. The molecule has 0 unspecified atom stereocenters. The maximum atomic E-state index is 11.7. The number of hydrogen-bond acceptors (Lipinski definition) is 3. The number of nitrogens with two attached hydrogens (primary N) is 1. The molecule has 0 spiro atoms. The highest BCUT2D eigenvalue weighted by atomic mass is 32.1. The third kappa shape index (κ3) is 1.22. The van der Waals surface area contributed by atoms with Crippen molar-refractivity contribution in [2.24, 2.45) is 7.05 Å². The van der Waals surface area contributed by atoms with Gasteiger partial charge >= 0.3 is 0 Å². The summed E-state index contributed by atoms with van der Waals surface area (Å²) in [6.45, 7) is 0. The summed E-state index contributed by atoms with van der Waals surface area (Å²) in [7, 11) is 1.64. The summed E-state index contributed by atoms with van der Waals surface area (Å²) in [5.41, 5.74) is 6.78. The molecule has 14 heavy (non-hydrogen) atoms. The zero-order valence-electron chi connectivity index (χ0n) is 7.57. The van der Waals surface area contributed by atoms with Gasteiger partial charge in [-0.2, -0.15) is 0 Å². The van der Waals surface area contributed by atoms with Gasteiger partial charge in [0.15, 0.2) is 4.77 Å². The van der Waals surface area contributed by atoms with Crippen LogP contribution in [0.1, 0.15) is 0 Å². The normalized spacial score (nSPS) is 10.6. The van der Waals surface area contributed by atoms with Crippen molar-refractivity contribution in [1.29, 1.82) is 0 Å². The summed E-state index contributed by atoms with van der Waals surface area (Å²) in [6, 6.07) is 5.09. The Kier molecular flexibility index (Phi) is 1.89. The lowest BCUT2D eigenvalue weighted by Crippen LogP contribution is -2.18. The molecule has 0 fully saturated rings. The van der Waals surface area contributed by atoms with Gasteiger partial charge in [0.2, 0.25) is 0 Å². The van der Waals surface area contributed by atoms with E-state index < -0.39 is 0 Å². The van der Waals surface area contributed by atoms with Crippen LogP contribution >= 0.6 is 12.2 Å². The van der Waals surface area contributed by atoms with E-state index in [4.69, 9.17) is 18.0 Å². The van der Waals surface area contributed by atoms with E-state index in [1.807, 2.05) is 0 Å². The van der Waals surface area contributed by atoms with Gasteiger partial charge in [0.25, 0.3) is 5.56 Å². The predicted octanol–water partition coefficient (Wildman–Crippen LogP) is 1.18.